The van der Waals surface area contributed by atoms with E-state index in [0.717, 1.165) is 33.4 Å². The molecule has 1 aromatic carbocycles. The molecule has 1 unspecified atom stereocenters. The van der Waals surface area contributed by atoms with Gasteiger partial charge in [-0.3, -0.25) is 16.0 Å². The zero-order chi connectivity index (χ0) is 15.6. The molecule has 0 aliphatic rings. The van der Waals surface area contributed by atoms with E-state index in [1.807, 2.05) is 24.7 Å². The smallest absolute Gasteiger partial charge is 0.123 e. The number of halogens is 2. The van der Waals surface area contributed by atoms with Gasteiger partial charge in [-0.15, -0.1) is 0 Å². The standard InChI is InChI=1S/C15H20BrFN4/c1-4-12-15(16)14(21(3)20-12)8-13(19-18)10-5-9(2)6-11(17)7-10/h5-7,13,19H,4,8,18H2,1-3H3. The third kappa shape index (κ3) is 3.51. The van der Waals surface area contributed by atoms with Crippen LogP contribution in [0.3, 0.4) is 0 Å². The molecule has 21 heavy (non-hydrogen) atoms. The van der Waals surface area contributed by atoms with Gasteiger partial charge in [-0.25, -0.2) is 4.39 Å². The van der Waals surface area contributed by atoms with Crippen LogP contribution in [0.5, 0.6) is 0 Å². The van der Waals surface area contributed by atoms with Crippen molar-refractivity contribution in [1.82, 2.24) is 15.2 Å². The second-order valence-corrected chi connectivity index (χ2v) is 5.96. The summed E-state index contributed by atoms with van der Waals surface area (Å²) in [4.78, 5) is 0. The number of nitrogens with two attached hydrogens (primary N) is 1. The van der Waals surface area contributed by atoms with E-state index in [2.05, 4.69) is 33.4 Å². The van der Waals surface area contributed by atoms with Gasteiger partial charge in [0.1, 0.15) is 5.82 Å². The van der Waals surface area contributed by atoms with Crippen LogP contribution in [0.1, 0.15) is 35.5 Å². The maximum Gasteiger partial charge on any atom is 0.123 e. The number of rotatable bonds is 5. The predicted molar refractivity (Wildman–Crippen MR) is 85.2 cm³/mol. The topological polar surface area (TPSA) is 55.9 Å². The van der Waals surface area contributed by atoms with Crippen molar-refractivity contribution in [2.75, 3.05) is 0 Å². The molecule has 0 spiro atoms. The average molecular weight is 355 g/mol. The number of nitrogens with one attached hydrogen (secondary N) is 1. The Bertz CT molecular complexity index is 619. The molecule has 0 aliphatic heterocycles. The van der Waals surface area contributed by atoms with Gasteiger partial charge in [-0.2, -0.15) is 5.10 Å². The lowest BCUT2D eigenvalue weighted by Gasteiger charge is -2.17. The van der Waals surface area contributed by atoms with Crippen LogP contribution in [0.25, 0.3) is 0 Å². The fourth-order valence-corrected chi connectivity index (χ4v) is 3.25. The number of hydrogen-bond acceptors (Lipinski definition) is 3. The molecule has 0 fully saturated rings. The highest BCUT2D eigenvalue weighted by Gasteiger charge is 2.19. The highest BCUT2D eigenvalue weighted by Crippen LogP contribution is 2.27. The van der Waals surface area contributed by atoms with E-state index in [4.69, 9.17) is 5.84 Å². The lowest BCUT2D eigenvalue weighted by molar-refractivity contribution is 0.523. The van der Waals surface area contributed by atoms with Gasteiger partial charge in [-0.1, -0.05) is 13.0 Å². The minimum atomic E-state index is -0.247. The van der Waals surface area contributed by atoms with Gasteiger partial charge in [0.15, 0.2) is 0 Å². The molecule has 0 bridgehead atoms. The second-order valence-electron chi connectivity index (χ2n) is 5.17. The van der Waals surface area contributed by atoms with E-state index in [9.17, 15) is 4.39 Å². The van der Waals surface area contributed by atoms with Crippen molar-refractivity contribution in [2.24, 2.45) is 12.9 Å². The van der Waals surface area contributed by atoms with Gasteiger partial charge in [0.05, 0.1) is 21.9 Å². The van der Waals surface area contributed by atoms with Crippen molar-refractivity contribution in [3.63, 3.8) is 0 Å². The number of hydrazine groups is 1. The molecule has 114 valence electrons. The molecular weight excluding hydrogens is 335 g/mol. The molecule has 4 nitrogen and oxygen atoms in total. The monoisotopic (exact) mass is 354 g/mol. The summed E-state index contributed by atoms with van der Waals surface area (Å²) in [7, 11) is 1.91. The van der Waals surface area contributed by atoms with Crippen LogP contribution in [-0.4, -0.2) is 9.78 Å². The Hall–Kier alpha value is -1.24. The van der Waals surface area contributed by atoms with Crippen molar-refractivity contribution >= 4 is 15.9 Å². The highest BCUT2D eigenvalue weighted by atomic mass is 79.9. The van der Waals surface area contributed by atoms with E-state index in [1.165, 1.54) is 12.1 Å². The van der Waals surface area contributed by atoms with E-state index in [0.29, 0.717) is 6.42 Å². The number of benzene rings is 1. The van der Waals surface area contributed by atoms with Crippen LogP contribution in [0, 0.1) is 12.7 Å². The van der Waals surface area contributed by atoms with Gasteiger partial charge in [-0.05, 0) is 52.5 Å². The fourth-order valence-electron chi connectivity index (χ4n) is 2.47. The van der Waals surface area contributed by atoms with Crippen LogP contribution in [0.2, 0.25) is 0 Å². The normalized spacial score (nSPS) is 12.7. The van der Waals surface area contributed by atoms with E-state index < -0.39 is 0 Å². The molecule has 1 aromatic heterocycles. The molecular formula is C15H20BrFN4. The third-order valence-corrected chi connectivity index (χ3v) is 4.48. The zero-order valence-corrected chi connectivity index (χ0v) is 14.0. The zero-order valence-electron chi connectivity index (χ0n) is 12.5. The number of hydrogen-bond donors (Lipinski definition) is 2. The van der Waals surface area contributed by atoms with Gasteiger partial charge in [0.25, 0.3) is 0 Å². The van der Waals surface area contributed by atoms with E-state index in [1.54, 1.807) is 0 Å². The lowest BCUT2D eigenvalue weighted by Crippen LogP contribution is -2.30. The van der Waals surface area contributed by atoms with E-state index in [-0.39, 0.29) is 11.9 Å². The van der Waals surface area contributed by atoms with Crippen LogP contribution in [-0.2, 0) is 19.9 Å². The predicted octanol–water partition coefficient (Wildman–Crippen LogP) is 2.94. The van der Waals surface area contributed by atoms with Crippen molar-refractivity contribution < 1.29 is 4.39 Å². The summed E-state index contributed by atoms with van der Waals surface area (Å²) < 4.78 is 16.4. The fraction of sp³-hybridized carbons (Fsp3) is 0.400. The number of aryl methyl sites for hydroxylation is 3. The van der Waals surface area contributed by atoms with Crippen molar-refractivity contribution in [3.8, 4) is 0 Å². The first kappa shape index (κ1) is 16.1. The molecule has 0 radical (unpaired) electrons. The minimum Gasteiger partial charge on any atom is -0.271 e. The lowest BCUT2D eigenvalue weighted by atomic mass is 10.00. The Labute approximate surface area is 132 Å². The molecule has 2 rings (SSSR count). The quantitative estimate of drug-likeness (QED) is 0.641. The Morgan fingerprint density at radius 3 is 2.67 bits per heavy atom. The highest BCUT2D eigenvalue weighted by molar-refractivity contribution is 9.10. The summed E-state index contributed by atoms with van der Waals surface area (Å²) in [5.74, 6) is 5.43. The molecule has 0 aliphatic carbocycles. The molecule has 2 aromatic rings. The molecule has 3 N–H and O–H groups in total. The first-order valence-electron chi connectivity index (χ1n) is 6.89. The SMILES string of the molecule is CCc1nn(C)c(CC(NN)c2cc(C)cc(F)c2)c1Br. The van der Waals surface area contributed by atoms with Crippen LogP contribution in [0.15, 0.2) is 22.7 Å². The first-order chi connectivity index (χ1) is 9.96. The van der Waals surface area contributed by atoms with Crippen LogP contribution in [0.4, 0.5) is 4.39 Å². The van der Waals surface area contributed by atoms with Crippen molar-refractivity contribution in [1.29, 1.82) is 0 Å². The van der Waals surface area contributed by atoms with Gasteiger partial charge in [0.2, 0.25) is 0 Å². The van der Waals surface area contributed by atoms with Crippen molar-refractivity contribution in [2.45, 2.75) is 32.7 Å². The Kier molecular flexibility index (Phi) is 5.13. The number of aromatic nitrogens is 2. The van der Waals surface area contributed by atoms with Crippen LogP contribution < -0.4 is 11.3 Å². The van der Waals surface area contributed by atoms with Gasteiger partial charge >= 0.3 is 0 Å². The summed E-state index contributed by atoms with van der Waals surface area (Å²) >= 11 is 3.60. The Balaban J connectivity index is 2.33. The maximum atomic E-state index is 13.6. The van der Waals surface area contributed by atoms with Gasteiger partial charge in [0, 0.05) is 13.5 Å². The summed E-state index contributed by atoms with van der Waals surface area (Å²) in [6.45, 7) is 3.93. The first-order valence-corrected chi connectivity index (χ1v) is 7.69. The summed E-state index contributed by atoms with van der Waals surface area (Å²) in [6.07, 6.45) is 1.48. The van der Waals surface area contributed by atoms with E-state index >= 15 is 0 Å². The summed E-state index contributed by atoms with van der Waals surface area (Å²) in [5, 5.41) is 4.47. The Morgan fingerprint density at radius 2 is 2.14 bits per heavy atom. The summed E-state index contributed by atoms with van der Waals surface area (Å²) in [5.41, 5.74) is 6.54. The summed E-state index contributed by atoms with van der Waals surface area (Å²) in [6, 6.07) is 4.80. The molecule has 1 atom stereocenters. The molecule has 6 heteroatoms. The molecule has 0 saturated carbocycles. The van der Waals surface area contributed by atoms with Crippen LogP contribution >= 0.6 is 15.9 Å². The van der Waals surface area contributed by atoms with Crippen molar-refractivity contribution in [3.05, 3.63) is 51.0 Å². The molecule has 0 amide bonds. The van der Waals surface area contributed by atoms with Gasteiger partial charge < -0.3 is 0 Å². The minimum absolute atomic E-state index is 0.171. The second kappa shape index (κ2) is 6.68. The molecule has 1 heterocycles. The largest absolute Gasteiger partial charge is 0.271 e. The number of nitrogens with zero attached hydrogens (tertiary/aromatic N) is 2. The third-order valence-electron chi connectivity index (χ3n) is 3.57. The maximum absolute atomic E-state index is 13.6. The average Bonchev–Trinajstić information content (AvgIpc) is 2.70. The molecule has 0 saturated heterocycles. The Morgan fingerprint density at radius 1 is 1.43 bits per heavy atom.